The molecule has 0 aromatic heterocycles. The summed E-state index contributed by atoms with van der Waals surface area (Å²) in [6.07, 6.45) is 0.192. The number of carbonyl (C=O) groups excluding carboxylic acids is 1. The molecule has 0 fully saturated rings. The van der Waals surface area contributed by atoms with Crippen molar-refractivity contribution >= 4 is 33.6 Å². The summed E-state index contributed by atoms with van der Waals surface area (Å²) in [4.78, 5) is 11.9. The number of phenolic OH excluding ortho intramolecular Hbond substituents is 1. The summed E-state index contributed by atoms with van der Waals surface area (Å²) in [5, 5.41) is 22.8. The summed E-state index contributed by atoms with van der Waals surface area (Å²) >= 11 is 4.71. The van der Waals surface area contributed by atoms with Gasteiger partial charge in [-0.05, 0) is 39.4 Å². The quantitative estimate of drug-likeness (QED) is 0.834. The molecule has 1 aliphatic rings. The average Bonchev–Trinajstić information content (AvgIpc) is 2.49. The average molecular weight is 383 g/mol. The number of nitrogens with one attached hydrogen (secondary N) is 1. The molecule has 0 spiro atoms. The standard InChI is InChI=1S/C15H15BrN2O3S/c1-3-22-15-10(7-17)9(6-13(19)18-15)8-4-11(16)14(20)12(5-8)21-2/h4-5,9,20H,3,6H2,1-2H3,(H,18,19). The summed E-state index contributed by atoms with van der Waals surface area (Å²) in [7, 11) is 1.46. The Labute approximate surface area is 141 Å². The van der Waals surface area contributed by atoms with Crippen molar-refractivity contribution < 1.29 is 14.6 Å². The minimum Gasteiger partial charge on any atom is -0.503 e. The molecule has 1 aliphatic heterocycles. The lowest BCUT2D eigenvalue weighted by atomic mass is 9.87. The molecule has 0 bridgehead atoms. The Bertz CT molecular complexity index is 682. The van der Waals surface area contributed by atoms with Crippen LogP contribution in [0.4, 0.5) is 0 Å². The first-order chi connectivity index (χ1) is 10.5. The van der Waals surface area contributed by atoms with Crippen LogP contribution in [0.2, 0.25) is 0 Å². The Morgan fingerprint density at radius 3 is 2.91 bits per heavy atom. The first kappa shape index (κ1) is 16.7. The van der Waals surface area contributed by atoms with E-state index in [1.54, 1.807) is 12.1 Å². The fraction of sp³-hybridized carbons (Fsp3) is 0.333. The number of thioether (sulfide) groups is 1. The summed E-state index contributed by atoms with van der Waals surface area (Å²) in [6, 6.07) is 5.58. The van der Waals surface area contributed by atoms with E-state index in [1.165, 1.54) is 18.9 Å². The molecule has 1 heterocycles. The minimum atomic E-state index is -0.349. The third-order valence-electron chi connectivity index (χ3n) is 3.32. The van der Waals surface area contributed by atoms with Gasteiger partial charge in [-0.25, -0.2) is 0 Å². The van der Waals surface area contributed by atoms with Crippen LogP contribution in [0.5, 0.6) is 11.5 Å². The third kappa shape index (κ3) is 3.23. The second kappa shape index (κ2) is 7.07. The van der Waals surface area contributed by atoms with Crippen molar-refractivity contribution in [1.29, 1.82) is 5.26 Å². The zero-order chi connectivity index (χ0) is 16.3. The van der Waals surface area contributed by atoms with Crippen molar-refractivity contribution in [3.05, 3.63) is 32.8 Å². The Kier molecular flexibility index (Phi) is 5.37. The molecule has 1 aromatic rings. The van der Waals surface area contributed by atoms with Gasteiger partial charge >= 0.3 is 0 Å². The van der Waals surface area contributed by atoms with Crippen LogP contribution >= 0.6 is 27.7 Å². The van der Waals surface area contributed by atoms with Crippen LogP contribution in [0, 0.1) is 11.3 Å². The van der Waals surface area contributed by atoms with Crippen molar-refractivity contribution in [3.63, 3.8) is 0 Å². The molecule has 2 rings (SSSR count). The second-order valence-corrected chi connectivity index (χ2v) is 6.77. The Hall–Kier alpha value is -1.65. The molecule has 1 amide bonds. The second-order valence-electron chi connectivity index (χ2n) is 4.65. The predicted molar refractivity (Wildman–Crippen MR) is 88.6 cm³/mol. The highest BCUT2D eigenvalue weighted by atomic mass is 79.9. The van der Waals surface area contributed by atoms with Gasteiger partial charge in [0.1, 0.15) is 0 Å². The lowest BCUT2D eigenvalue weighted by Gasteiger charge is -2.25. The van der Waals surface area contributed by atoms with Crippen LogP contribution in [0.1, 0.15) is 24.8 Å². The van der Waals surface area contributed by atoms with E-state index < -0.39 is 0 Å². The highest BCUT2D eigenvalue weighted by Crippen LogP contribution is 2.42. The first-order valence-electron chi connectivity index (χ1n) is 6.65. The molecule has 7 heteroatoms. The van der Waals surface area contributed by atoms with Crippen LogP contribution < -0.4 is 10.1 Å². The van der Waals surface area contributed by atoms with E-state index in [-0.39, 0.29) is 24.0 Å². The number of halogens is 1. The molecule has 2 N–H and O–H groups in total. The number of hydrogen-bond donors (Lipinski definition) is 2. The molecule has 22 heavy (non-hydrogen) atoms. The zero-order valence-corrected chi connectivity index (χ0v) is 14.5. The number of rotatable bonds is 4. The number of nitrogens with zero attached hydrogens (tertiary/aromatic N) is 1. The van der Waals surface area contributed by atoms with E-state index in [0.29, 0.717) is 20.8 Å². The Morgan fingerprint density at radius 2 is 2.32 bits per heavy atom. The smallest absolute Gasteiger partial charge is 0.225 e. The van der Waals surface area contributed by atoms with E-state index in [0.717, 1.165) is 11.3 Å². The van der Waals surface area contributed by atoms with E-state index in [9.17, 15) is 15.2 Å². The fourth-order valence-electron chi connectivity index (χ4n) is 2.31. The normalized spacial score (nSPS) is 17.9. The van der Waals surface area contributed by atoms with Gasteiger partial charge < -0.3 is 15.2 Å². The van der Waals surface area contributed by atoms with Crippen molar-refractivity contribution in [2.45, 2.75) is 19.3 Å². The summed E-state index contributed by atoms with van der Waals surface area (Å²) in [5.41, 5.74) is 1.29. The zero-order valence-electron chi connectivity index (χ0n) is 12.1. The van der Waals surface area contributed by atoms with E-state index in [1.807, 2.05) is 6.92 Å². The Balaban J connectivity index is 2.54. The maximum Gasteiger partial charge on any atom is 0.225 e. The lowest BCUT2D eigenvalue weighted by molar-refractivity contribution is -0.120. The monoisotopic (exact) mass is 382 g/mol. The number of carbonyl (C=O) groups is 1. The summed E-state index contributed by atoms with van der Waals surface area (Å²) < 4.78 is 5.61. The number of aromatic hydroxyl groups is 1. The van der Waals surface area contributed by atoms with Crippen molar-refractivity contribution in [3.8, 4) is 17.6 Å². The van der Waals surface area contributed by atoms with Gasteiger partial charge in [-0.3, -0.25) is 4.79 Å². The maximum atomic E-state index is 11.9. The highest BCUT2D eigenvalue weighted by Gasteiger charge is 2.30. The number of allylic oxidation sites excluding steroid dienone is 1. The van der Waals surface area contributed by atoms with Crippen LogP contribution in [0.15, 0.2) is 27.2 Å². The number of hydrogen-bond acceptors (Lipinski definition) is 5. The van der Waals surface area contributed by atoms with Crippen LogP contribution in [-0.4, -0.2) is 23.9 Å². The molecule has 0 aliphatic carbocycles. The number of ether oxygens (including phenoxy) is 1. The number of nitriles is 1. The number of phenols is 1. The predicted octanol–water partition coefficient (Wildman–Crippen LogP) is 3.26. The van der Waals surface area contributed by atoms with Crippen molar-refractivity contribution in [2.24, 2.45) is 0 Å². The van der Waals surface area contributed by atoms with Crippen LogP contribution in [-0.2, 0) is 4.79 Å². The van der Waals surface area contributed by atoms with Crippen LogP contribution in [0.3, 0.4) is 0 Å². The van der Waals surface area contributed by atoms with Gasteiger partial charge in [0.2, 0.25) is 5.91 Å². The van der Waals surface area contributed by atoms with E-state index in [4.69, 9.17) is 4.74 Å². The van der Waals surface area contributed by atoms with Crippen molar-refractivity contribution in [1.82, 2.24) is 5.32 Å². The highest BCUT2D eigenvalue weighted by molar-refractivity contribution is 9.10. The molecule has 0 saturated carbocycles. The topological polar surface area (TPSA) is 82.3 Å². The number of benzene rings is 1. The molecule has 116 valence electrons. The minimum absolute atomic E-state index is 0.00263. The van der Waals surface area contributed by atoms with E-state index >= 15 is 0 Å². The van der Waals surface area contributed by atoms with Crippen LogP contribution in [0.25, 0.3) is 0 Å². The Morgan fingerprint density at radius 1 is 1.59 bits per heavy atom. The van der Waals surface area contributed by atoms with Gasteiger partial charge in [0.15, 0.2) is 11.5 Å². The largest absolute Gasteiger partial charge is 0.503 e. The van der Waals surface area contributed by atoms with Crippen molar-refractivity contribution in [2.75, 3.05) is 12.9 Å². The molecule has 1 aromatic carbocycles. The van der Waals surface area contributed by atoms with Gasteiger partial charge in [0.25, 0.3) is 0 Å². The molecule has 0 radical (unpaired) electrons. The fourth-order valence-corrected chi connectivity index (χ4v) is 3.59. The molecule has 0 saturated heterocycles. The summed E-state index contributed by atoms with van der Waals surface area (Å²) in [5.74, 6) is 0.590. The van der Waals surface area contributed by atoms with Gasteiger partial charge in [-0.1, -0.05) is 6.92 Å². The summed E-state index contributed by atoms with van der Waals surface area (Å²) in [6.45, 7) is 1.96. The van der Waals surface area contributed by atoms with E-state index in [2.05, 4.69) is 27.3 Å². The SMILES string of the molecule is CCSC1=C(C#N)C(c2cc(Br)c(O)c(OC)c2)CC(=O)N1. The third-order valence-corrected chi connectivity index (χ3v) is 4.82. The molecule has 1 unspecified atom stereocenters. The maximum absolute atomic E-state index is 11.9. The van der Waals surface area contributed by atoms with Gasteiger partial charge in [0, 0.05) is 12.3 Å². The molecule has 5 nitrogen and oxygen atoms in total. The van der Waals surface area contributed by atoms with Gasteiger partial charge in [-0.15, -0.1) is 11.8 Å². The van der Waals surface area contributed by atoms with Gasteiger partial charge in [0.05, 0.1) is 28.3 Å². The first-order valence-corrected chi connectivity index (χ1v) is 8.43. The lowest BCUT2D eigenvalue weighted by Crippen LogP contribution is -2.30. The molecule has 1 atom stereocenters. The molecular formula is C15H15BrN2O3S. The molecular weight excluding hydrogens is 368 g/mol. The number of amides is 1. The van der Waals surface area contributed by atoms with Gasteiger partial charge in [-0.2, -0.15) is 5.26 Å². The number of methoxy groups -OCH3 is 1.